The quantitative estimate of drug-likeness (QED) is 0.338. The summed E-state index contributed by atoms with van der Waals surface area (Å²) in [4.78, 5) is 3.86. The topological polar surface area (TPSA) is 108 Å². The van der Waals surface area contributed by atoms with Crippen LogP contribution >= 0.6 is 0 Å². The van der Waals surface area contributed by atoms with Crippen molar-refractivity contribution in [2.45, 2.75) is 6.92 Å². The maximum atomic E-state index is 9.60. The van der Waals surface area contributed by atoms with Crippen LogP contribution in [0.4, 0.5) is 0 Å². The van der Waals surface area contributed by atoms with Crippen molar-refractivity contribution in [3.8, 4) is 0 Å². The summed E-state index contributed by atoms with van der Waals surface area (Å²) in [5.41, 5.74) is 0. The van der Waals surface area contributed by atoms with E-state index in [4.69, 9.17) is 4.55 Å². The second kappa shape index (κ2) is 4.65. The van der Waals surface area contributed by atoms with Crippen molar-refractivity contribution in [3.63, 3.8) is 0 Å². The summed E-state index contributed by atoms with van der Waals surface area (Å²) in [6.07, 6.45) is 0. The van der Waals surface area contributed by atoms with Crippen molar-refractivity contribution >= 4 is 10.4 Å². The van der Waals surface area contributed by atoms with Crippen LogP contribution in [0.2, 0.25) is 0 Å². The Morgan fingerprint density at radius 3 is 2.11 bits per heavy atom. The summed E-state index contributed by atoms with van der Waals surface area (Å²) in [7, 11) is -4.41. The Hall–Kier alpha value is -0.210. The van der Waals surface area contributed by atoms with Crippen LogP contribution in [0.15, 0.2) is 0 Å². The second-order valence-electron chi connectivity index (χ2n) is 0.902. The first kappa shape index (κ1) is 11.6. The predicted octanol–water partition coefficient (Wildman–Crippen LogP) is -0.0807. The molecule has 0 aliphatic rings. The minimum Gasteiger partial charge on any atom is -0.344 e. The fourth-order valence-electron chi connectivity index (χ4n) is 0.109. The van der Waals surface area contributed by atoms with Crippen molar-refractivity contribution in [1.29, 1.82) is 0 Å². The second-order valence-corrected chi connectivity index (χ2v) is 1.89. The number of rotatable bonds is 3. The molecular weight excluding hydrogens is 150 g/mol. The molecule has 0 amide bonds. The molecule has 9 heavy (non-hydrogen) atoms. The Bertz CT molecular complexity index is 139. The molecule has 0 atom stereocenters. The van der Waals surface area contributed by atoms with E-state index in [1.807, 2.05) is 0 Å². The summed E-state index contributed by atoms with van der Waals surface area (Å²) in [6, 6.07) is 0. The smallest absolute Gasteiger partial charge is 0.344 e. The zero-order valence-corrected chi connectivity index (χ0v) is 5.72. The first-order valence-electron chi connectivity index (χ1n) is 1.85. The van der Waals surface area contributed by atoms with Crippen LogP contribution in [-0.2, 0) is 19.6 Å². The lowest BCUT2D eigenvalue weighted by Gasteiger charge is -1.92. The highest BCUT2D eigenvalue weighted by Gasteiger charge is 2.02. The van der Waals surface area contributed by atoms with Crippen LogP contribution in [-0.4, -0.2) is 19.6 Å². The molecule has 0 fully saturated rings. The van der Waals surface area contributed by atoms with Gasteiger partial charge in [-0.3, -0.25) is 4.55 Å². The van der Waals surface area contributed by atoms with Crippen molar-refractivity contribution < 1.29 is 22.2 Å². The van der Waals surface area contributed by atoms with Gasteiger partial charge in [-0.2, -0.15) is 8.42 Å². The van der Waals surface area contributed by atoms with E-state index in [1.165, 1.54) is 6.92 Å². The van der Waals surface area contributed by atoms with Gasteiger partial charge in [0.25, 0.3) is 0 Å². The van der Waals surface area contributed by atoms with Crippen LogP contribution in [0, 0.1) is 0 Å². The summed E-state index contributed by atoms with van der Waals surface area (Å²) in [5.74, 6) is 0. The molecule has 7 heteroatoms. The van der Waals surface area contributed by atoms with E-state index < -0.39 is 10.4 Å². The average Bonchev–Trinajstić information content (AvgIpc) is 1.59. The maximum absolute atomic E-state index is 9.60. The highest BCUT2D eigenvalue weighted by molar-refractivity contribution is 7.80. The molecule has 0 rings (SSSR count). The first-order valence-corrected chi connectivity index (χ1v) is 3.21. The third kappa shape index (κ3) is 11.4. The molecule has 58 valence electrons. The van der Waals surface area contributed by atoms with Crippen LogP contribution < -0.4 is 6.15 Å². The van der Waals surface area contributed by atoms with Crippen molar-refractivity contribution in [1.82, 2.24) is 6.15 Å². The van der Waals surface area contributed by atoms with E-state index in [1.54, 1.807) is 0 Å². The van der Waals surface area contributed by atoms with Crippen LogP contribution in [0.3, 0.4) is 0 Å². The van der Waals surface area contributed by atoms with Gasteiger partial charge in [0.2, 0.25) is 0 Å². The van der Waals surface area contributed by atoms with E-state index in [0.29, 0.717) is 0 Å². The standard InChI is InChI=1S/C2H6O5S.H3N/c1-2-6-7-8(3,4)5;/h2H2,1H3,(H,3,4,5);1H3. The fraction of sp³-hybridized carbons (Fsp3) is 1.00. The summed E-state index contributed by atoms with van der Waals surface area (Å²) in [5, 5.41) is 0. The first-order chi connectivity index (χ1) is 3.56. The van der Waals surface area contributed by atoms with Crippen LogP contribution in [0.5, 0.6) is 0 Å². The van der Waals surface area contributed by atoms with Crippen molar-refractivity contribution in [2.24, 2.45) is 0 Å². The molecule has 0 radical (unpaired) electrons. The average molecular weight is 159 g/mol. The van der Waals surface area contributed by atoms with E-state index >= 15 is 0 Å². The minimum atomic E-state index is -4.41. The van der Waals surface area contributed by atoms with Crippen LogP contribution in [0.25, 0.3) is 0 Å². The van der Waals surface area contributed by atoms with Gasteiger partial charge in [0.15, 0.2) is 0 Å². The van der Waals surface area contributed by atoms with E-state index in [2.05, 4.69) is 9.22 Å². The molecule has 0 saturated carbocycles. The van der Waals surface area contributed by atoms with Gasteiger partial charge in [0.05, 0.1) is 6.61 Å². The SMILES string of the molecule is CCOOS(=O)(=O)O.N. The molecule has 0 aromatic heterocycles. The van der Waals surface area contributed by atoms with Gasteiger partial charge in [-0.15, -0.1) is 0 Å². The van der Waals surface area contributed by atoms with Crippen molar-refractivity contribution in [3.05, 3.63) is 0 Å². The molecule has 0 aliphatic heterocycles. The van der Waals surface area contributed by atoms with Gasteiger partial charge in [-0.1, -0.05) is 4.33 Å². The lowest BCUT2D eigenvalue weighted by molar-refractivity contribution is -0.203. The van der Waals surface area contributed by atoms with Crippen molar-refractivity contribution in [2.75, 3.05) is 6.61 Å². The Balaban J connectivity index is 0. The Morgan fingerprint density at radius 2 is 2.00 bits per heavy atom. The Labute approximate surface area is 53.2 Å². The predicted molar refractivity (Wildman–Crippen MR) is 29.3 cm³/mol. The van der Waals surface area contributed by atoms with Gasteiger partial charge in [-0.05, 0) is 6.92 Å². The van der Waals surface area contributed by atoms with Gasteiger partial charge in [0.1, 0.15) is 0 Å². The molecule has 0 aromatic rings. The van der Waals surface area contributed by atoms with Gasteiger partial charge >= 0.3 is 10.4 Å². The van der Waals surface area contributed by atoms with Gasteiger partial charge < -0.3 is 6.15 Å². The van der Waals surface area contributed by atoms with E-state index in [-0.39, 0.29) is 12.8 Å². The minimum absolute atomic E-state index is 0. The monoisotopic (exact) mass is 159 g/mol. The number of hydrogen-bond donors (Lipinski definition) is 2. The molecule has 6 nitrogen and oxygen atoms in total. The molecule has 0 heterocycles. The normalized spacial score (nSPS) is 10.4. The molecular formula is C2H9NO5S. The third-order valence-corrected chi connectivity index (χ3v) is 0.520. The lowest BCUT2D eigenvalue weighted by atomic mass is 10.9. The zero-order chi connectivity index (χ0) is 6.62. The summed E-state index contributed by atoms with van der Waals surface area (Å²) in [6.45, 7) is 1.59. The highest BCUT2D eigenvalue weighted by Crippen LogP contribution is 1.85. The highest BCUT2D eigenvalue weighted by atomic mass is 32.3. The largest absolute Gasteiger partial charge is 0.424 e. The Kier molecular flexibility index (Phi) is 5.98. The lowest BCUT2D eigenvalue weighted by Crippen LogP contribution is -2.03. The third-order valence-electron chi connectivity index (χ3n) is 0.252. The molecule has 0 aromatic carbocycles. The Morgan fingerprint density at radius 1 is 1.56 bits per heavy atom. The summed E-state index contributed by atoms with van der Waals surface area (Å²) < 4.78 is 30.4. The fourth-order valence-corrected chi connectivity index (χ4v) is 0.327. The zero-order valence-electron chi connectivity index (χ0n) is 4.90. The molecule has 0 spiro atoms. The van der Waals surface area contributed by atoms with E-state index in [0.717, 1.165) is 0 Å². The number of hydrogen-bond acceptors (Lipinski definition) is 5. The molecule has 0 aliphatic carbocycles. The summed E-state index contributed by atoms with van der Waals surface area (Å²) >= 11 is 0. The van der Waals surface area contributed by atoms with Gasteiger partial charge in [0, 0.05) is 0 Å². The van der Waals surface area contributed by atoms with Crippen LogP contribution in [0.1, 0.15) is 6.92 Å². The van der Waals surface area contributed by atoms with Gasteiger partial charge in [-0.25, -0.2) is 4.89 Å². The molecule has 0 bridgehead atoms. The molecule has 0 unspecified atom stereocenters. The maximum Gasteiger partial charge on any atom is 0.424 e. The molecule has 4 N–H and O–H groups in total. The molecule has 0 saturated heterocycles. The van der Waals surface area contributed by atoms with E-state index in [9.17, 15) is 8.42 Å².